The number of nitrogens with zero attached hydrogens (tertiary/aromatic N) is 3. The van der Waals surface area contributed by atoms with E-state index in [0.29, 0.717) is 17.1 Å². The first-order chi connectivity index (χ1) is 12.1. The fraction of sp³-hybridized carbons (Fsp3) is 0.0588. The molecule has 0 saturated heterocycles. The first-order valence-corrected chi connectivity index (χ1v) is 8.39. The summed E-state index contributed by atoms with van der Waals surface area (Å²) in [6.07, 6.45) is 4.99. The molecule has 0 fully saturated rings. The molecule has 1 aromatic carbocycles. The van der Waals surface area contributed by atoms with Crippen LogP contribution in [-0.4, -0.2) is 26.1 Å². The van der Waals surface area contributed by atoms with Crippen LogP contribution in [0.5, 0.6) is 0 Å². The molecule has 4 aromatic rings. The van der Waals surface area contributed by atoms with Gasteiger partial charge < -0.3 is 11.1 Å². The van der Waals surface area contributed by atoms with Gasteiger partial charge in [-0.15, -0.1) is 11.3 Å². The van der Waals surface area contributed by atoms with E-state index in [1.54, 1.807) is 24.0 Å². The number of fused-ring (bicyclic) bond motifs is 1. The lowest BCUT2D eigenvalue weighted by atomic mass is 10.0. The SMILES string of the molecule is Cc1nc(C(=O)Nc2cc(-c3cncc(N)c3)cc3[nH]ncc23)cs1. The van der Waals surface area contributed by atoms with Crippen LogP contribution in [-0.2, 0) is 0 Å². The Morgan fingerprint density at radius 3 is 2.84 bits per heavy atom. The summed E-state index contributed by atoms with van der Waals surface area (Å²) in [5, 5.41) is 13.3. The number of H-pyrrole nitrogens is 1. The van der Waals surface area contributed by atoms with Gasteiger partial charge in [-0.2, -0.15) is 5.10 Å². The van der Waals surface area contributed by atoms with Gasteiger partial charge in [-0.1, -0.05) is 0 Å². The van der Waals surface area contributed by atoms with Gasteiger partial charge in [0.2, 0.25) is 0 Å². The third kappa shape index (κ3) is 2.94. The molecular weight excluding hydrogens is 336 g/mol. The summed E-state index contributed by atoms with van der Waals surface area (Å²) in [4.78, 5) is 20.8. The van der Waals surface area contributed by atoms with Gasteiger partial charge in [0.1, 0.15) is 5.69 Å². The number of aromatic amines is 1. The molecule has 0 bridgehead atoms. The number of carbonyl (C=O) groups is 1. The quantitative estimate of drug-likeness (QED) is 0.525. The molecule has 4 N–H and O–H groups in total. The van der Waals surface area contributed by atoms with Crippen LogP contribution in [0.3, 0.4) is 0 Å². The van der Waals surface area contributed by atoms with E-state index >= 15 is 0 Å². The number of carbonyl (C=O) groups excluding carboxylic acids is 1. The molecule has 0 spiro atoms. The van der Waals surface area contributed by atoms with Gasteiger partial charge in [0.25, 0.3) is 5.91 Å². The molecule has 3 heterocycles. The largest absolute Gasteiger partial charge is 0.397 e. The van der Waals surface area contributed by atoms with Crippen LogP contribution in [0.2, 0.25) is 0 Å². The lowest BCUT2D eigenvalue weighted by molar-refractivity contribution is 0.102. The van der Waals surface area contributed by atoms with Crippen molar-refractivity contribution in [2.75, 3.05) is 11.1 Å². The van der Waals surface area contributed by atoms with E-state index in [0.717, 1.165) is 27.0 Å². The lowest BCUT2D eigenvalue weighted by Crippen LogP contribution is -2.12. The second-order valence-electron chi connectivity index (χ2n) is 5.57. The van der Waals surface area contributed by atoms with Gasteiger partial charge in [-0.3, -0.25) is 14.9 Å². The molecule has 25 heavy (non-hydrogen) atoms. The highest BCUT2D eigenvalue weighted by atomic mass is 32.1. The fourth-order valence-corrected chi connectivity index (χ4v) is 3.18. The highest BCUT2D eigenvalue weighted by Gasteiger charge is 2.14. The number of thiazole rings is 1. The van der Waals surface area contributed by atoms with E-state index in [1.807, 2.05) is 25.1 Å². The predicted molar refractivity (Wildman–Crippen MR) is 98.5 cm³/mol. The van der Waals surface area contributed by atoms with Crippen molar-refractivity contribution in [3.8, 4) is 11.1 Å². The number of aromatic nitrogens is 4. The summed E-state index contributed by atoms with van der Waals surface area (Å²) in [5.74, 6) is -0.255. The molecule has 3 aromatic heterocycles. The molecule has 4 rings (SSSR count). The average molecular weight is 350 g/mol. The minimum atomic E-state index is -0.255. The van der Waals surface area contributed by atoms with Crippen LogP contribution in [0.1, 0.15) is 15.5 Å². The van der Waals surface area contributed by atoms with Crippen LogP contribution in [0.4, 0.5) is 11.4 Å². The number of benzene rings is 1. The maximum Gasteiger partial charge on any atom is 0.275 e. The summed E-state index contributed by atoms with van der Waals surface area (Å²) >= 11 is 1.44. The zero-order chi connectivity index (χ0) is 17.4. The maximum atomic E-state index is 12.5. The molecule has 0 radical (unpaired) electrons. The molecule has 1 amide bonds. The Morgan fingerprint density at radius 2 is 2.08 bits per heavy atom. The van der Waals surface area contributed by atoms with Crippen molar-refractivity contribution in [3.05, 3.63) is 52.9 Å². The van der Waals surface area contributed by atoms with E-state index in [-0.39, 0.29) is 5.91 Å². The van der Waals surface area contributed by atoms with Crippen LogP contribution in [0.15, 0.2) is 42.2 Å². The minimum Gasteiger partial charge on any atom is -0.397 e. The topological polar surface area (TPSA) is 110 Å². The number of amides is 1. The Bertz CT molecular complexity index is 1080. The molecular formula is C17H14N6OS. The Kier molecular flexibility index (Phi) is 3.66. The van der Waals surface area contributed by atoms with Crippen molar-refractivity contribution in [3.63, 3.8) is 0 Å². The zero-order valence-corrected chi connectivity index (χ0v) is 14.1. The summed E-state index contributed by atoms with van der Waals surface area (Å²) in [6, 6.07) is 5.66. The summed E-state index contributed by atoms with van der Waals surface area (Å²) < 4.78 is 0. The molecule has 0 aliphatic carbocycles. The van der Waals surface area contributed by atoms with E-state index in [9.17, 15) is 4.79 Å². The Balaban J connectivity index is 1.77. The molecule has 7 nitrogen and oxygen atoms in total. The van der Waals surface area contributed by atoms with Crippen LogP contribution >= 0.6 is 11.3 Å². The van der Waals surface area contributed by atoms with Crippen LogP contribution < -0.4 is 11.1 Å². The fourth-order valence-electron chi connectivity index (χ4n) is 2.59. The van der Waals surface area contributed by atoms with Gasteiger partial charge >= 0.3 is 0 Å². The van der Waals surface area contributed by atoms with E-state index in [1.165, 1.54) is 11.3 Å². The maximum absolute atomic E-state index is 12.5. The summed E-state index contributed by atoms with van der Waals surface area (Å²) in [6.45, 7) is 1.86. The van der Waals surface area contributed by atoms with Gasteiger partial charge in [0, 0.05) is 28.7 Å². The van der Waals surface area contributed by atoms with Crippen molar-refractivity contribution < 1.29 is 4.79 Å². The molecule has 0 unspecified atom stereocenters. The first-order valence-electron chi connectivity index (χ1n) is 7.51. The number of nitrogen functional groups attached to an aromatic ring is 1. The second kappa shape index (κ2) is 5.99. The number of pyridine rings is 1. The molecule has 0 saturated carbocycles. The van der Waals surface area contributed by atoms with Crippen LogP contribution in [0.25, 0.3) is 22.0 Å². The Hall–Kier alpha value is -3.26. The van der Waals surface area contributed by atoms with Crippen molar-refractivity contribution >= 4 is 39.5 Å². The first kappa shape index (κ1) is 15.3. The number of anilines is 2. The third-order valence-electron chi connectivity index (χ3n) is 3.75. The van der Waals surface area contributed by atoms with Crippen molar-refractivity contribution in [2.24, 2.45) is 0 Å². The third-order valence-corrected chi connectivity index (χ3v) is 4.52. The number of hydrogen-bond acceptors (Lipinski definition) is 6. The second-order valence-corrected chi connectivity index (χ2v) is 6.63. The molecule has 8 heteroatoms. The number of rotatable bonds is 3. The van der Waals surface area contributed by atoms with Gasteiger partial charge in [0.05, 0.1) is 28.1 Å². The van der Waals surface area contributed by atoms with E-state index in [4.69, 9.17) is 5.73 Å². The van der Waals surface area contributed by atoms with Crippen LogP contribution in [0, 0.1) is 6.92 Å². The normalized spacial score (nSPS) is 10.9. The van der Waals surface area contributed by atoms with E-state index < -0.39 is 0 Å². The Morgan fingerprint density at radius 1 is 1.20 bits per heavy atom. The molecule has 0 aliphatic rings. The zero-order valence-electron chi connectivity index (χ0n) is 13.3. The number of nitrogens with one attached hydrogen (secondary N) is 2. The molecule has 0 atom stereocenters. The van der Waals surface area contributed by atoms with Crippen molar-refractivity contribution in [2.45, 2.75) is 6.92 Å². The highest BCUT2D eigenvalue weighted by molar-refractivity contribution is 7.09. The standard InChI is InChI=1S/C17H14N6OS/c1-9-21-16(8-25-9)17(24)22-14-3-10(4-15-13(14)7-20-23-15)11-2-12(18)6-19-5-11/h2-8H,18H2,1H3,(H,20,23)(H,22,24). The smallest absolute Gasteiger partial charge is 0.275 e. The summed E-state index contributed by atoms with van der Waals surface area (Å²) in [7, 11) is 0. The average Bonchev–Trinajstić information content (AvgIpc) is 3.23. The predicted octanol–water partition coefficient (Wildman–Crippen LogP) is 3.22. The van der Waals surface area contributed by atoms with Crippen molar-refractivity contribution in [1.82, 2.24) is 20.2 Å². The highest BCUT2D eigenvalue weighted by Crippen LogP contribution is 2.30. The Labute approximate surface area is 146 Å². The minimum absolute atomic E-state index is 0.255. The molecule has 0 aliphatic heterocycles. The number of aryl methyl sites for hydroxylation is 1. The number of nitrogens with two attached hydrogens (primary N) is 1. The molecule has 124 valence electrons. The van der Waals surface area contributed by atoms with E-state index in [2.05, 4.69) is 25.5 Å². The van der Waals surface area contributed by atoms with Gasteiger partial charge in [-0.25, -0.2) is 4.98 Å². The monoisotopic (exact) mass is 350 g/mol. The van der Waals surface area contributed by atoms with Crippen molar-refractivity contribution in [1.29, 1.82) is 0 Å². The van der Waals surface area contributed by atoms with Gasteiger partial charge in [-0.05, 0) is 30.7 Å². The lowest BCUT2D eigenvalue weighted by Gasteiger charge is -2.09. The number of hydrogen-bond donors (Lipinski definition) is 3. The van der Waals surface area contributed by atoms with Gasteiger partial charge in [0.15, 0.2) is 0 Å². The summed E-state index contributed by atoms with van der Waals surface area (Å²) in [5.41, 5.74) is 10.00.